The molecule has 0 bridgehead atoms. The van der Waals surface area contributed by atoms with E-state index in [0.717, 1.165) is 0 Å². The molecule has 0 aliphatic rings. The number of hydrogen-bond acceptors (Lipinski definition) is 2. The maximum Gasteiger partial charge on any atom is 0.0858 e. The lowest BCUT2D eigenvalue weighted by molar-refractivity contribution is 0.168. The standard InChI is InChI=1S/C3H7NO.H2O/c1-2-3-5-4;/h2H,1,3-4H2;1H2. The fourth-order valence-corrected chi connectivity index (χ4v) is 0.0680. The summed E-state index contributed by atoms with van der Waals surface area (Å²) < 4.78 is 0. The van der Waals surface area contributed by atoms with Gasteiger partial charge in [-0.05, 0) is 0 Å². The minimum absolute atomic E-state index is 0. The van der Waals surface area contributed by atoms with Crippen molar-refractivity contribution < 1.29 is 10.3 Å². The Balaban J connectivity index is 0. The van der Waals surface area contributed by atoms with Crippen LogP contribution in [0.2, 0.25) is 0 Å². The first-order valence-corrected chi connectivity index (χ1v) is 1.34. The van der Waals surface area contributed by atoms with Gasteiger partial charge in [0.15, 0.2) is 0 Å². The third-order valence-electron chi connectivity index (χ3n) is 0.214. The van der Waals surface area contributed by atoms with Gasteiger partial charge in [0.05, 0.1) is 6.61 Å². The van der Waals surface area contributed by atoms with Crippen molar-refractivity contribution in [2.45, 2.75) is 0 Å². The van der Waals surface area contributed by atoms with Crippen molar-refractivity contribution in [1.29, 1.82) is 0 Å². The average molecular weight is 91.1 g/mol. The zero-order valence-corrected chi connectivity index (χ0v) is 3.48. The predicted molar refractivity (Wildman–Crippen MR) is 24.0 cm³/mol. The van der Waals surface area contributed by atoms with E-state index in [4.69, 9.17) is 0 Å². The number of nitrogens with two attached hydrogens (primary N) is 1. The fourth-order valence-electron chi connectivity index (χ4n) is 0.0680. The number of rotatable bonds is 2. The second kappa shape index (κ2) is 8.82. The van der Waals surface area contributed by atoms with E-state index in [0.29, 0.717) is 6.61 Å². The van der Waals surface area contributed by atoms with Crippen LogP contribution in [0.3, 0.4) is 0 Å². The second-order valence-corrected chi connectivity index (χ2v) is 0.622. The molecule has 0 amide bonds. The molecule has 0 saturated carbocycles. The van der Waals surface area contributed by atoms with Gasteiger partial charge in [0.25, 0.3) is 0 Å². The minimum Gasteiger partial charge on any atom is -0.412 e. The summed E-state index contributed by atoms with van der Waals surface area (Å²) in [5, 5.41) is 0. The van der Waals surface area contributed by atoms with E-state index < -0.39 is 0 Å². The SMILES string of the molecule is C=CCON.O. The Morgan fingerprint density at radius 3 is 2.33 bits per heavy atom. The Kier molecular flexibility index (Phi) is 13.5. The van der Waals surface area contributed by atoms with E-state index in [9.17, 15) is 0 Å². The van der Waals surface area contributed by atoms with Gasteiger partial charge >= 0.3 is 0 Å². The van der Waals surface area contributed by atoms with Crippen molar-refractivity contribution in [2.24, 2.45) is 5.90 Å². The fraction of sp³-hybridized carbons (Fsp3) is 0.333. The van der Waals surface area contributed by atoms with Crippen LogP contribution in [0.25, 0.3) is 0 Å². The molecule has 0 aliphatic carbocycles. The largest absolute Gasteiger partial charge is 0.412 e. The summed E-state index contributed by atoms with van der Waals surface area (Å²) in [7, 11) is 0. The van der Waals surface area contributed by atoms with Crippen molar-refractivity contribution in [3.63, 3.8) is 0 Å². The Labute approximate surface area is 36.7 Å². The van der Waals surface area contributed by atoms with E-state index in [-0.39, 0.29) is 5.48 Å². The third-order valence-corrected chi connectivity index (χ3v) is 0.214. The molecule has 0 aromatic carbocycles. The van der Waals surface area contributed by atoms with Crippen LogP contribution < -0.4 is 5.90 Å². The summed E-state index contributed by atoms with van der Waals surface area (Å²) in [6.45, 7) is 3.78. The molecular weight excluding hydrogens is 82.0 g/mol. The Bertz CT molecular complexity index is 30.0. The highest BCUT2D eigenvalue weighted by Crippen LogP contribution is 1.56. The van der Waals surface area contributed by atoms with E-state index >= 15 is 0 Å². The highest BCUT2D eigenvalue weighted by Gasteiger charge is 1.58. The summed E-state index contributed by atoms with van der Waals surface area (Å²) in [6, 6.07) is 0. The van der Waals surface area contributed by atoms with Crippen molar-refractivity contribution in [1.82, 2.24) is 0 Å². The molecule has 6 heavy (non-hydrogen) atoms. The number of hydrogen-bond donors (Lipinski definition) is 1. The zero-order chi connectivity index (χ0) is 4.12. The topological polar surface area (TPSA) is 66.8 Å². The van der Waals surface area contributed by atoms with Gasteiger partial charge in [-0.3, -0.25) is 0 Å². The lowest BCUT2D eigenvalue weighted by atomic mass is 10.7. The molecule has 3 heteroatoms. The van der Waals surface area contributed by atoms with Gasteiger partial charge in [-0.2, -0.15) is 0 Å². The van der Waals surface area contributed by atoms with Crippen LogP contribution in [0.4, 0.5) is 0 Å². The summed E-state index contributed by atoms with van der Waals surface area (Å²) in [4.78, 5) is 4.07. The first-order chi connectivity index (χ1) is 2.41. The van der Waals surface area contributed by atoms with E-state index in [1.165, 1.54) is 0 Å². The molecule has 0 aromatic heterocycles. The summed E-state index contributed by atoms with van der Waals surface area (Å²) in [5.41, 5.74) is 0. The van der Waals surface area contributed by atoms with Crippen molar-refractivity contribution in [3.05, 3.63) is 12.7 Å². The molecule has 0 aromatic rings. The van der Waals surface area contributed by atoms with Gasteiger partial charge in [-0.25, -0.2) is 5.90 Å². The summed E-state index contributed by atoms with van der Waals surface area (Å²) in [5.74, 6) is 4.57. The first kappa shape index (κ1) is 9.15. The van der Waals surface area contributed by atoms with Crippen LogP contribution in [-0.4, -0.2) is 12.1 Å². The highest BCUT2D eigenvalue weighted by atomic mass is 16.6. The molecule has 0 spiro atoms. The molecule has 0 heterocycles. The Hall–Kier alpha value is -0.380. The van der Waals surface area contributed by atoms with E-state index in [2.05, 4.69) is 17.3 Å². The molecule has 0 aliphatic heterocycles. The van der Waals surface area contributed by atoms with Gasteiger partial charge in [-0.15, -0.1) is 6.58 Å². The summed E-state index contributed by atoms with van der Waals surface area (Å²) in [6.07, 6.45) is 1.58. The van der Waals surface area contributed by atoms with Crippen molar-refractivity contribution >= 4 is 0 Å². The Morgan fingerprint density at radius 1 is 1.83 bits per heavy atom. The minimum atomic E-state index is 0. The molecular formula is C3H9NO2. The van der Waals surface area contributed by atoms with Crippen LogP contribution in [0.1, 0.15) is 0 Å². The van der Waals surface area contributed by atoms with Gasteiger partial charge in [-0.1, -0.05) is 6.08 Å². The smallest absolute Gasteiger partial charge is 0.0858 e. The van der Waals surface area contributed by atoms with Gasteiger partial charge < -0.3 is 10.3 Å². The first-order valence-electron chi connectivity index (χ1n) is 1.34. The molecule has 38 valence electrons. The second-order valence-electron chi connectivity index (χ2n) is 0.622. The lowest BCUT2D eigenvalue weighted by Gasteiger charge is -1.79. The molecule has 0 atom stereocenters. The molecule has 0 radical (unpaired) electrons. The van der Waals surface area contributed by atoms with Gasteiger partial charge in [0.2, 0.25) is 0 Å². The maximum absolute atomic E-state index is 4.57. The van der Waals surface area contributed by atoms with E-state index in [1.54, 1.807) is 6.08 Å². The van der Waals surface area contributed by atoms with E-state index in [1.807, 2.05) is 0 Å². The van der Waals surface area contributed by atoms with Crippen LogP contribution in [-0.2, 0) is 4.84 Å². The van der Waals surface area contributed by atoms with Crippen molar-refractivity contribution in [2.75, 3.05) is 6.61 Å². The average Bonchev–Trinajstić information content (AvgIpc) is 1.41. The van der Waals surface area contributed by atoms with Crippen LogP contribution in [0.5, 0.6) is 0 Å². The maximum atomic E-state index is 4.57. The van der Waals surface area contributed by atoms with Gasteiger partial charge in [0, 0.05) is 0 Å². The van der Waals surface area contributed by atoms with Crippen LogP contribution in [0, 0.1) is 0 Å². The quantitative estimate of drug-likeness (QED) is 0.358. The highest BCUT2D eigenvalue weighted by molar-refractivity contribution is 4.62. The molecule has 3 nitrogen and oxygen atoms in total. The van der Waals surface area contributed by atoms with Crippen molar-refractivity contribution in [3.8, 4) is 0 Å². The summed E-state index contributed by atoms with van der Waals surface area (Å²) >= 11 is 0. The van der Waals surface area contributed by atoms with Gasteiger partial charge in [0.1, 0.15) is 0 Å². The molecule has 0 saturated heterocycles. The molecule has 4 N–H and O–H groups in total. The Morgan fingerprint density at radius 2 is 2.33 bits per heavy atom. The monoisotopic (exact) mass is 91.1 g/mol. The van der Waals surface area contributed by atoms with Crippen LogP contribution >= 0.6 is 0 Å². The molecule has 0 rings (SSSR count). The molecule has 0 fully saturated rings. The predicted octanol–water partition coefficient (Wildman–Crippen LogP) is -0.762. The lowest BCUT2D eigenvalue weighted by Crippen LogP contribution is -1.96. The van der Waals surface area contributed by atoms with Crippen LogP contribution in [0.15, 0.2) is 12.7 Å². The molecule has 0 unspecified atom stereocenters. The third kappa shape index (κ3) is 9.47. The zero-order valence-electron chi connectivity index (χ0n) is 3.48. The normalized spacial score (nSPS) is 6.17.